The van der Waals surface area contributed by atoms with Crippen molar-refractivity contribution in [1.29, 1.82) is 0 Å². The van der Waals surface area contributed by atoms with E-state index in [9.17, 15) is 14.9 Å². The number of hydrogen-bond donors (Lipinski definition) is 0. The average molecular weight is 384 g/mol. The molecule has 0 saturated carbocycles. The molecule has 0 N–H and O–H groups in total. The first-order valence-electron chi connectivity index (χ1n) is 8.99. The van der Waals surface area contributed by atoms with Gasteiger partial charge in [0.2, 0.25) is 5.91 Å². The van der Waals surface area contributed by atoms with Crippen molar-refractivity contribution in [3.63, 3.8) is 0 Å². The van der Waals surface area contributed by atoms with Crippen LogP contribution < -0.4 is 9.47 Å². The van der Waals surface area contributed by atoms with E-state index in [2.05, 4.69) is 0 Å². The molecular weight excluding hydrogens is 360 g/mol. The maximum Gasteiger partial charge on any atom is 0.270 e. The Morgan fingerprint density at radius 2 is 1.96 bits per heavy atom. The third-order valence-corrected chi connectivity index (χ3v) is 4.09. The number of non-ortho nitro benzene ring substituents is 1. The topological polar surface area (TPSA) is 81.9 Å². The molecule has 0 aliphatic heterocycles. The van der Waals surface area contributed by atoms with Gasteiger partial charge in [-0.3, -0.25) is 14.9 Å². The van der Waals surface area contributed by atoms with E-state index in [0.29, 0.717) is 36.8 Å². The molecular formula is C21H24N2O5. The number of likely N-dealkylation sites (N-methyl/N-ethyl adjacent to an activating group) is 1. The highest BCUT2D eigenvalue weighted by Gasteiger charge is 2.12. The van der Waals surface area contributed by atoms with Crippen molar-refractivity contribution in [2.45, 2.75) is 20.4 Å². The molecule has 0 unspecified atom stereocenters. The number of nitrogens with zero attached hydrogens (tertiary/aromatic N) is 2. The van der Waals surface area contributed by atoms with Crippen LogP contribution >= 0.6 is 0 Å². The van der Waals surface area contributed by atoms with E-state index in [0.717, 1.165) is 5.56 Å². The van der Waals surface area contributed by atoms with Gasteiger partial charge in [-0.2, -0.15) is 0 Å². The zero-order valence-electron chi connectivity index (χ0n) is 16.3. The first-order valence-corrected chi connectivity index (χ1v) is 8.99. The summed E-state index contributed by atoms with van der Waals surface area (Å²) in [6, 6.07) is 11.7. The second-order valence-electron chi connectivity index (χ2n) is 5.96. The van der Waals surface area contributed by atoms with Crippen LogP contribution in [0, 0.1) is 10.1 Å². The van der Waals surface area contributed by atoms with Gasteiger partial charge < -0.3 is 14.4 Å². The molecule has 2 aromatic carbocycles. The molecule has 7 heteroatoms. The quantitative estimate of drug-likeness (QED) is 0.370. The third-order valence-electron chi connectivity index (χ3n) is 4.09. The molecule has 0 heterocycles. The monoisotopic (exact) mass is 384 g/mol. The summed E-state index contributed by atoms with van der Waals surface area (Å²) < 4.78 is 10.9. The van der Waals surface area contributed by atoms with E-state index in [1.165, 1.54) is 18.2 Å². The molecule has 2 aromatic rings. The lowest BCUT2D eigenvalue weighted by Crippen LogP contribution is -2.28. The van der Waals surface area contributed by atoms with Crippen molar-refractivity contribution in [2.24, 2.45) is 0 Å². The predicted molar refractivity (Wildman–Crippen MR) is 107 cm³/mol. The lowest BCUT2D eigenvalue weighted by molar-refractivity contribution is -0.384. The second kappa shape index (κ2) is 10.1. The highest BCUT2D eigenvalue weighted by Crippen LogP contribution is 2.28. The molecule has 0 aliphatic carbocycles. The summed E-state index contributed by atoms with van der Waals surface area (Å²) in [5.74, 6) is 1.10. The van der Waals surface area contributed by atoms with E-state index in [-0.39, 0.29) is 11.6 Å². The van der Waals surface area contributed by atoms with Gasteiger partial charge >= 0.3 is 0 Å². The Bertz CT molecular complexity index is 864. The maximum atomic E-state index is 12.5. The SMILES string of the molecule is CCOc1ccc(CN(CC)C(=O)/C=C/c2cccc([N+](=O)[O-])c2)cc1OC. The minimum Gasteiger partial charge on any atom is -0.493 e. The Morgan fingerprint density at radius 3 is 2.61 bits per heavy atom. The molecule has 7 nitrogen and oxygen atoms in total. The molecule has 148 valence electrons. The zero-order chi connectivity index (χ0) is 20.5. The Hall–Kier alpha value is -3.35. The normalized spacial score (nSPS) is 10.7. The molecule has 0 spiro atoms. The van der Waals surface area contributed by atoms with Crippen molar-refractivity contribution < 1.29 is 19.2 Å². The minimum atomic E-state index is -0.461. The Morgan fingerprint density at radius 1 is 1.18 bits per heavy atom. The number of benzene rings is 2. The summed E-state index contributed by atoms with van der Waals surface area (Å²) in [6.07, 6.45) is 3.01. The lowest BCUT2D eigenvalue weighted by Gasteiger charge is -2.20. The van der Waals surface area contributed by atoms with Gasteiger partial charge in [0.15, 0.2) is 11.5 Å². The molecule has 0 radical (unpaired) electrons. The fraction of sp³-hybridized carbons (Fsp3) is 0.286. The highest BCUT2D eigenvalue weighted by molar-refractivity contribution is 5.91. The van der Waals surface area contributed by atoms with E-state index in [1.54, 1.807) is 30.2 Å². The lowest BCUT2D eigenvalue weighted by atomic mass is 10.1. The first kappa shape index (κ1) is 21.0. The summed E-state index contributed by atoms with van der Waals surface area (Å²) in [5, 5.41) is 10.9. The van der Waals surface area contributed by atoms with Crippen LogP contribution in [-0.2, 0) is 11.3 Å². The number of nitro benzene ring substituents is 1. The highest BCUT2D eigenvalue weighted by atomic mass is 16.6. The fourth-order valence-electron chi connectivity index (χ4n) is 2.67. The number of nitro groups is 1. The van der Waals surface area contributed by atoms with Crippen LogP contribution in [-0.4, -0.2) is 36.0 Å². The summed E-state index contributed by atoms with van der Waals surface area (Å²) in [7, 11) is 1.58. The Kier molecular flexibility index (Phi) is 7.56. The smallest absolute Gasteiger partial charge is 0.270 e. The number of hydrogen-bond acceptors (Lipinski definition) is 5. The molecule has 0 fully saturated rings. The van der Waals surface area contributed by atoms with Crippen molar-refractivity contribution in [2.75, 3.05) is 20.3 Å². The molecule has 0 atom stereocenters. The number of methoxy groups -OCH3 is 1. The van der Waals surface area contributed by atoms with Gasteiger partial charge in [0.25, 0.3) is 5.69 Å². The average Bonchev–Trinajstić information content (AvgIpc) is 2.71. The van der Waals surface area contributed by atoms with Gasteiger partial charge in [-0.25, -0.2) is 0 Å². The van der Waals surface area contributed by atoms with Crippen LogP contribution in [0.15, 0.2) is 48.5 Å². The number of ether oxygens (including phenoxy) is 2. The summed E-state index contributed by atoms with van der Waals surface area (Å²) in [6.45, 7) is 5.27. The molecule has 2 rings (SSSR count). The fourth-order valence-corrected chi connectivity index (χ4v) is 2.67. The molecule has 1 amide bonds. The van der Waals surface area contributed by atoms with Crippen molar-refractivity contribution in [3.05, 3.63) is 69.8 Å². The Labute approximate surface area is 164 Å². The van der Waals surface area contributed by atoms with Crippen LogP contribution in [0.25, 0.3) is 6.08 Å². The van der Waals surface area contributed by atoms with Gasteiger partial charge in [0.05, 0.1) is 18.6 Å². The van der Waals surface area contributed by atoms with E-state index >= 15 is 0 Å². The van der Waals surface area contributed by atoms with Crippen LogP contribution in [0.5, 0.6) is 11.5 Å². The molecule has 28 heavy (non-hydrogen) atoms. The van der Waals surface area contributed by atoms with Crippen LogP contribution in [0.4, 0.5) is 5.69 Å². The van der Waals surface area contributed by atoms with Crippen LogP contribution in [0.1, 0.15) is 25.0 Å². The van der Waals surface area contributed by atoms with Crippen molar-refractivity contribution in [1.82, 2.24) is 4.90 Å². The maximum absolute atomic E-state index is 12.5. The number of amides is 1. The van der Waals surface area contributed by atoms with Crippen LogP contribution in [0.3, 0.4) is 0 Å². The van der Waals surface area contributed by atoms with Gasteiger partial charge in [0.1, 0.15) is 0 Å². The largest absolute Gasteiger partial charge is 0.493 e. The van der Waals surface area contributed by atoms with Crippen molar-refractivity contribution in [3.8, 4) is 11.5 Å². The van der Waals surface area contributed by atoms with E-state index in [4.69, 9.17) is 9.47 Å². The number of carbonyl (C=O) groups is 1. The third kappa shape index (κ3) is 5.57. The van der Waals surface area contributed by atoms with Crippen LogP contribution in [0.2, 0.25) is 0 Å². The molecule has 0 aromatic heterocycles. The first-order chi connectivity index (χ1) is 13.5. The van der Waals surface area contributed by atoms with Gasteiger partial charge in [0, 0.05) is 31.3 Å². The van der Waals surface area contributed by atoms with E-state index in [1.807, 2.05) is 32.0 Å². The summed E-state index contributed by atoms with van der Waals surface area (Å²) in [4.78, 5) is 24.6. The summed E-state index contributed by atoms with van der Waals surface area (Å²) >= 11 is 0. The predicted octanol–water partition coefficient (Wildman–Crippen LogP) is 4.06. The summed E-state index contributed by atoms with van der Waals surface area (Å²) in [5.41, 5.74) is 1.50. The van der Waals surface area contributed by atoms with Gasteiger partial charge in [-0.05, 0) is 43.2 Å². The van der Waals surface area contributed by atoms with Crippen molar-refractivity contribution >= 4 is 17.7 Å². The minimum absolute atomic E-state index is 0.0107. The second-order valence-corrected chi connectivity index (χ2v) is 5.96. The Balaban J connectivity index is 2.11. The number of carbonyl (C=O) groups excluding carboxylic acids is 1. The van der Waals surface area contributed by atoms with Gasteiger partial charge in [-0.15, -0.1) is 0 Å². The van der Waals surface area contributed by atoms with Gasteiger partial charge in [-0.1, -0.05) is 18.2 Å². The molecule has 0 saturated heterocycles. The number of rotatable bonds is 9. The standard InChI is InChI=1S/C21H24N2O5/c1-4-22(15-17-9-11-19(28-5-2)20(14-17)27-3)21(24)12-10-16-7-6-8-18(13-16)23(25)26/h6-14H,4-5,15H2,1-3H3/b12-10+. The molecule has 0 bridgehead atoms. The molecule has 0 aliphatic rings. The zero-order valence-corrected chi connectivity index (χ0v) is 16.3. The van der Waals surface area contributed by atoms with E-state index < -0.39 is 4.92 Å².